The zero-order valence-electron chi connectivity index (χ0n) is 27.4. The number of allylic oxidation sites excluding steroid dienone is 2. The van der Waals surface area contributed by atoms with Crippen LogP contribution in [0.15, 0.2) is 11.6 Å². The van der Waals surface area contributed by atoms with E-state index in [-0.39, 0.29) is 23.4 Å². The van der Waals surface area contributed by atoms with Gasteiger partial charge in [-0.15, -0.1) is 0 Å². The molecule has 2 aliphatic heterocycles. The molecule has 16 atom stereocenters. The minimum Gasteiger partial charge on any atom is -0.479 e. The summed E-state index contributed by atoms with van der Waals surface area (Å²) >= 11 is 0. The molecule has 0 radical (unpaired) electrons. The Kier molecular flexibility index (Phi) is 9.29. The number of aliphatic carboxylic acids is 1. The number of rotatable bonds is 9. The van der Waals surface area contributed by atoms with Gasteiger partial charge in [0.05, 0.1) is 24.4 Å². The minimum absolute atomic E-state index is 0.0363. The predicted molar refractivity (Wildman–Crippen MR) is 163 cm³/mol. The van der Waals surface area contributed by atoms with Crippen molar-refractivity contribution < 1.29 is 56.6 Å². The largest absolute Gasteiger partial charge is 0.479 e. The number of carboxylic acid groups (broad SMARTS) is 1. The molecule has 12 nitrogen and oxygen atoms in total. The monoisotopic (exact) mass is 672 g/mol. The summed E-state index contributed by atoms with van der Waals surface area (Å²) in [5.74, 6) is 0.0843. The van der Waals surface area contributed by atoms with E-state index >= 15 is 0 Å². The summed E-state index contributed by atoms with van der Waals surface area (Å²) in [7, 11) is -4.77. The molecule has 0 aromatic heterocycles. The van der Waals surface area contributed by atoms with Crippen LogP contribution in [0.1, 0.15) is 86.0 Å². The lowest BCUT2D eigenvalue weighted by atomic mass is 9.47. The van der Waals surface area contributed by atoms with Crippen molar-refractivity contribution in [2.45, 2.75) is 141 Å². The molecule has 0 aromatic carbocycles. The summed E-state index contributed by atoms with van der Waals surface area (Å²) in [6.45, 7) is 11.3. The molecule has 0 amide bonds. The van der Waals surface area contributed by atoms with Crippen LogP contribution in [0.4, 0.5) is 0 Å². The predicted octanol–water partition coefficient (Wildman–Crippen LogP) is 3.09. The summed E-state index contributed by atoms with van der Waals surface area (Å²) in [5, 5.41) is 40.3. The van der Waals surface area contributed by atoms with Gasteiger partial charge in [0.2, 0.25) is 0 Å². The molecular weight excluding hydrogens is 620 g/mol. The van der Waals surface area contributed by atoms with E-state index < -0.39 is 64.7 Å². The molecule has 5 fully saturated rings. The Hall–Kier alpha value is -1.16. The summed E-state index contributed by atoms with van der Waals surface area (Å²) in [6.07, 6.45) is -0.965. The second-order valence-electron chi connectivity index (χ2n) is 16.0. The first-order valence-electron chi connectivity index (χ1n) is 17.0. The zero-order valence-corrected chi connectivity index (χ0v) is 28.2. The van der Waals surface area contributed by atoms with Crippen LogP contribution in [-0.4, -0.2) is 94.5 Å². The van der Waals surface area contributed by atoms with E-state index in [9.17, 15) is 38.2 Å². The van der Waals surface area contributed by atoms with Crippen LogP contribution in [-0.2, 0) is 33.6 Å². The van der Waals surface area contributed by atoms with Gasteiger partial charge in [0, 0.05) is 0 Å². The SMILES string of the molecule is CC(C)C[C@@H]1O[C@H]1[C@@H](C)[C@H]1CCC2C3C[C@H](OS(=O)(=O)O)C4CC(O[C@@H]5O[C@H](C(=O)O)[C@@H](O)[C@H](O)[C@H]5O)CC[C@]4(C)C3=CC[C@@]21C. The molecule has 2 heterocycles. The third-order valence-corrected chi connectivity index (χ3v) is 13.4. The first kappa shape index (κ1) is 34.7. The van der Waals surface area contributed by atoms with Crippen LogP contribution in [0.2, 0.25) is 0 Å². The number of carbonyl (C=O) groups is 1. The van der Waals surface area contributed by atoms with Crippen LogP contribution in [0.25, 0.3) is 0 Å². The molecule has 262 valence electrons. The van der Waals surface area contributed by atoms with Crippen LogP contribution in [0, 0.1) is 46.3 Å². The van der Waals surface area contributed by atoms with Crippen LogP contribution < -0.4 is 0 Å². The third kappa shape index (κ3) is 6.10. The van der Waals surface area contributed by atoms with E-state index in [1.165, 1.54) is 5.57 Å². The molecule has 0 aromatic rings. The summed E-state index contributed by atoms with van der Waals surface area (Å²) < 4.78 is 57.3. The Morgan fingerprint density at radius 3 is 2.39 bits per heavy atom. The van der Waals surface area contributed by atoms with Gasteiger partial charge in [-0.2, -0.15) is 8.42 Å². The molecule has 6 rings (SSSR count). The molecule has 5 N–H and O–H groups in total. The second-order valence-corrected chi connectivity index (χ2v) is 17.0. The number of fused-ring (bicyclic) bond motifs is 5. The standard InChI is InChI=1S/C33H52O12S/c1-15(2)12-24-28(43-24)16(3)19-6-7-20-18-14-23(45-46(39,40)41)22-13-17(8-10-33(22,5)21(18)9-11-32(19,20)4)42-31-27(36)25(34)26(35)29(44-31)30(37)38/h9,15-20,22-29,31,34-36H,6-8,10-14H2,1-5H3,(H,37,38)(H,39,40,41)/t16-,17?,18?,19+,20?,22?,23-,24-,25-,26-,27+,28-,29-,31+,32+,33+/m0/s1. The third-order valence-electron chi connectivity index (χ3n) is 12.9. The Morgan fingerprint density at radius 1 is 1.02 bits per heavy atom. The fraction of sp³-hybridized carbons (Fsp3) is 0.909. The smallest absolute Gasteiger partial charge is 0.397 e. The van der Waals surface area contributed by atoms with E-state index in [4.69, 9.17) is 18.4 Å². The lowest BCUT2D eigenvalue weighted by Gasteiger charge is -2.59. The normalized spacial score (nSPS) is 49.4. The fourth-order valence-corrected chi connectivity index (χ4v) is 11.2. The maximum Gasteiger partial charge on any atom is 0.397 e. The first-order valence-corrected chi connectivity index (χ1v) is 18.4. The van der Waals surface area contributed by atoms with Gasteiger partial charge in [0.15, 0.2) is 12.4 Å². The van der Waals surface area contributed by atoms with Gasteiger partial charge in [-0.25, -0.2) is 8.98 Å². The van der Waals surface area contributed by atoms with Gasteiger partial charge < -0.3 is 34.6 Å². The maximum atomic E-state index is 12.2. The van der Waals surface area contributed by atoms with Gasteiger partial charge >= 0.3 is 16.4 Å². The van der Waals surface area contributed by atoms with Crippen LogP contribution in [0.3, 0.4) is 0 Å². The highest BCUT2D eigenvalue weighted by atomic mass is 32.3. The van der Waals surface area contributed by atoms with Gasteiger partial charge in [-0.05, 0) is 97.7 Å². The minimum atomic E-state index is -4.77. The summed E-state index contributed by atoms with van der Waals surface area (Å²) in [5.41, 5.74) is 0.922. The van der Waals surface area contributed by atoms with Crippen molar-refractivity contribution in [1.29, 1.82) is 0 Å². The maximum absolute atomic E-state index is 12.2. The van der Waals surface area contributed by atoms with Crippen molar-refractivity contribution in [3.05, 3.63) is 11.6 Å². The van der Waals surface area contributed by atoms with E-state index in [1.807, 2.05) is 0 Å². The molecular formula is C33H52O12S. The molecule has 46 heavy (non-hydrogen) atoms. The van der Waals surface area contributed by atoms with Gasteiger partial charge in [0.25, 0.3) is 0 Å². The first-order chi connectivity index (χ1) is 21.4. The van der Waals surface area contributed by atoms with Crippen LogP contribution in [0.5, 0.6) is 0 Å². The van der Waals surface area contributed by atoms with E-state index in [1.54, 1.807) is 0 Å². The Bertz CT molecular complexity index is 1300. The highest BCUT2D eigenvalue weighted by molar-refractivity contribution is 7.80. The lowest BCUT2D eigenvalue weighted by molar-refractivity contribution is -0.309. The number of epoxide rings is 1. The van der Waals surface area contributed by atoms with E-state index in [0.29, 0.717) is 55.5 Å². The van der Waals surface area contributed by atoms with Crippen molar-refractivity contribution in [2.75, 3.05) is 0 Å². The Morgan fingerprint density at radius 2 is 1.74 bits per heavy atom. The van der Waals surface area contributed by atoms with E-state index in [0.717, 1.165) is 25.7 Å². The number of hydrogen-bond acceptors (Lipinski definition) is 10. The number of ether oxygens (including phenoxy) is 3. The molecule has 6 aliphatic rings. The topological polar surface area (TPSA) is 193 Å². The van der Waals surface area contributed by atoms with E-state index in [2.05, 4.69) is 40.7 Å². The Balaban J connectivity index is 1.23. The summed E-state index contributed by atoms with van der Waals surface area (Å²) in [4.78, 5) is 11.6. The number of aliphatic hydroxyl groups excluding tert-OH is 3. The molecule has 0 spiro atoms. The number of aliphatic hydroxyl groups is 3. The second kappa shape index (κ2) is 12.3. The Labute approximate surface area is 271 Å². The molecule has 0 bridgehead atoms. The van der Waals surface area contributed by atoms with Crippen LogP contribution >= 0.6 is 0 Å². The quantitative estimate of drug-likeness (QED) is 0.104. The molecule has 4 aliphatic carbocycles. The number of hydrogen-bond donors (Lipinski definition) is 5. The van der Waals surface area contributed by atoms with Crippen molar-refractivity contribution in [3.8, 4) is 0 Å². The van der Waals surface area contributed by atoms with Crippen molar-refractivity contribution >= 4 is 16.4 Å². The van der Waals surface area contributed by atoms with Gasteiger partial charge in [-0.1, -0.05) is 46.3 Å². The molecule has 4 unspecified atom stereocenters. The zero-order chi connectivity index (χ0) is 33.5. The fourth-order valence-electron chi connectivity index (χ4n) is 10.7. The van der Waals surface area contributed by atoms with Gasteiger partial charge in [0.1, 0.15) is 18.3 Å². The van der Waals surface area contributed by atoms with Gasteiger partial charge in [-0.3, -0.25) is 4.55 Å². The molecule has 2 saturated heterocycles. The van der Waals surface area contributed by atoms with Crippen molar-refractivity contribution in [1.82, 2.24) is 0 Å². The van der Waals surface area contributed by atoms with Crippen molar-refractivity contribution in [2.24, 2.45) is 46.3 Å². The average Bonchev–Trinajstić information content (AvgIpc) is 3.62. The molecule has 13 heteroatoms. The number of carboxylic acids is 1. The van der Waals surface area contributed by atoms with Crippen molar-refractivity contribution in [3.63, 3.8) is 0 Å². The highest BCUT2D eigenvalue weighted by Crippen LogP contribution is 2.67. The summed E-state index contributed by atoms with van der Waals surface area (Å²) in [6, 6.07) is 0. The lowest BCUT2D eigenvalue weighted by Crippen LogP contribution is -2.61. The molecule has 3 saturated carbocycles. The average molecular weight is 673 g/mol. The highest BCUT2D eigenvalue weighted by Gasteiger charge is 2.62.